The molecule has 2 fully saturated rings. The molecule has 10 nitrogen and oxygen atoms in total. The van der Waals surface area contributed by atoms with Crippen LogP contribution in [-0.2, 0) is 32.6 Å². The summed E-state index contributed by atoms with van der Waals surface area (Å²) in [5, 5.41) is 11.1. The molecule has 3 aromatic carbocycles. The number of carbonyl (C=O) groups excluding carboxylic acids is 2. The van der Waals surface area contributed by atoms with Crippen LogP contribution in [0.15, 0.2) is 77.7 Å². The summed E-state index contributed by atoms with van der Waals surface area (Å²) < 4.78 is 30.2. The minimum Gasteiger partial charge on any atom is -0.465 e. The molecule has 0 spiro atoms. The van der Waals surface area contributed by atoms with Crippen LogP contribution in [0.1, 0.15) is 31.9 Å². The summed E-state index contributed by atoms with van der Waals surface area (Å²) in [6.07, 6.45) is -2.55. The Kier molecular flexibility index (Phi) is 9.64. The first kappa shape index (κ1) is 34.0. The highest BCUT2D eigenvalue weighted by Gasteiger charge is 2.60. The van der Waals surface area contributed by atoms with Gasteiger partial charge in [0.05, 0.1) is 18.1 Å². The lowest BCUT2D eigenvalue weighted by Gasteiger charge is -2.58. The molecular weight excluding hydrogens is 675 g/mol. The predicted octanol–water partition coefficient (Wildman–Crippen LogP) is 5.61. The summed E-state index contributed by atoms with van der Waals surface area (Å²) in [6.45, 7) is 4.14. The van der Waals surface area contributed by atoms with E-state index in [9.17, 15) is 27.9 Å². The molecule has 0 bridgehead atoms. The third-order valence-corrected chi connectivity index (χ3v) is 11.3. The smallest absolute Gasteiger partial charge is 0.408 e. The molecule has 3 unspecified atom stereocenters. The van der Waals surface area contributed by atoms with Gasteiger partial charge < -0.3 is 14.9 Å². The quantitative estimate of drug-likeness (QED) is 0.326. The van der Waals surface area contributed by atoms with Gasteiger partial charge in [-0.15, -0.1) is 0 Å². The molecular formula is C32H33Cl3N4O6S. The number of hydrogen-bond acceptors (Lipinski definition) is 5. The third-order valence-electron chi connectivity index (χ3n) is 8.53. The van der Waals surface area contributed by atoms with Crippen LogP contribution in [0, 0.1) is 0 Å². The number of halogens is 3. The van der Waals surface area contributed by atoms with Crippen molar-refractivity contribution in [3.63, 3.8) is 0 Å². The Labute approximate surface area is 283 Å². The van der Waals surface area contributed by atoms with Gasteiger partial charge in [-0.1, -0.05) is 77.3 Å². The van der Waals surface area contributed by atoms with Gasteiger partial charge in [0, 0.05) is 29.1 Å². The third kappa shape index (κ3) is 6.31. The number of rotatable bonds is 8. The molecule has 5 rings (SSSR count). The maximum Gasteiger partial charge on any atom is 0.408 e. The SMILES string of the molecule is CC(C)N1CC2N(C(=O)C(C)(N(Cc3ccccc3)C(=O)O)CN2S(=O)(=O)c2ccc(Cl)cc2Cl)C(Cc2ccc(Cl)cc2)C1=O. The summed E-state index contributed by atoms with van der Waals surface area (Å²) in [4.78, 5) is 45.3. The molecule has 3 amide bonds. The van der Waals surface area contributed by atoms with Crippen LogP contribution in [0.25, 0.3) is 0 Å². The molecule has 0 radical (unpaired) electrons. The minimum absolute atomic E-state index is 0.0406. The van der Waals surface area contributed by atoms with Crippen molar-refractivity contribution >= 4 is 62.7 Å². The Morgan fingerprint density at radius 2 is 1.61 bits per heavy atom. The van der Waals surface area contributed by atoms with Crippen LogP contribution >= 0.6 is 34.8 Å². The molecule has 2 aliphatic heterocycles. The van der Waals surface area contributed by atoms with Crippen LogP contribution < -0.4 is 0 Å². The molecule has 2 aliphatic rings. The summed E-state index contributed by atoms with van der Waals surface area (Å²) in [5.41, 5.74) is -0.667. The number of hydrogen-bond donors (Lipinski definition) is 1. The van der Waals surface area contributed by atoms with Gasteiger partial charge in [0.15, 0.2) is 0 Å². The van der Waals surface area contributed by atoms with Gasteiger partial charge in [0.2, 0.25) is 15.9 Å². The second kappa shape index (κ2) is 13.0. The van der Waals surface area contributed by atoms with Gasteiger partial charge in [-0.3, -0.25) is 14.5 Å². The zero-order valence-corrected chi connectivity index (χ0v) is 28.4. The number of amides is 3. The van der Waals surface area contributed by atoms with Crippen molar-refractivity contribution in [2.75, 3.05) is 13.1 Å². The molecule has 46 heavy (non-hydrogen) atoms. The Morgan fingerprint density at radius 1 is 0.978 bits per heavy atom. The Hall–Kier alpha value is -3.35. The number of sulfonamides is 1. The average Bonchev–Trinajstić information content (AvgIpc) is 2.99. The number of nitrogens with zero attached hydrogens (tertiary/aromatic N) is 4. The van der Waals surface area contributed by atoms with Crippen molar-refractivity contribution < 1.29 is 27.9 Å². The first-order valence-corrected chi connectivity index (χ1v) is 17.1. The van der Waals surface area contributed by atoms with Crippen LogP contribution in [-0.4, -0.2) is 87.3 Å². The van der Waals surface area contributed by atoms with E-state index in [-0.39, 0.29) is 46.4 Å². The molecule has 0 saturated carbocycles. The standard InChI is InChI=1S/C32H33Cl3N4O6S/c1-20(2)36-18-28-38(46(44,45)27-14-13-24(34)16-25(27)35)19-32(3,37(31(42)43)17-22-7-5-4-6-8-22)30(41)39(28)26(29(36)40)15-21-9-11-23(33)12-10-21/h4-14,16,20,26,28H,15,17-19H2,1-3H3,(H,42,43). The summed E-state index contributed by atoms with van der Waals surface area (Å²) in [6, 6.07) is 17.9. The monoisotopic (exact) mass is 706 g/mol. The van der Waals surface area contributed by atoms with Crippen LogP contribution in [0.2, 0.25) is 15.1 Å². The summed E-state index contributed by atoms with van der Waals surface area (Å²) >= 11 is 18.6. The first-order valence-electron chi connectivity index (χ1n) is 14.5. The van der Waals surface area contributed by atoms with Crippen molar-refractivity contribution in [3.05, 3.63) is 99.0 Å². The highest BCUT2D eigenvalue weighted by atomic mass is 35.5. The second-order valence-electron chi connectivity index (χ2n) is 11.9. The molecule has 2 saturated heterocycles. The van der Waals surface area contributed by atoms with E-state index in [2.05, 4.69) is 0 Å². The van der Waals surface area contributed by atoms with Gasteiger partial charge in [-0.25, -0.2) is 13.2 Å². The molecule has 244 valence electrons. The fourth-order valence-electron chi connectivity index (χ4n) is 6.10. The number of benzene rings is 3. The van der Waals surface area contributed by atoms with Crippen LogP contribution in [0.3, 0.4) is 0 Å². The van der Waals surface area contributed by atoms with E-state index in [4.69, 9.17) is 34.8 Å². The Bertz CT molecular complexity index is 1760. The van der Waals surface area contributed by atoms with Crippen molar-refractivity contribution in [2.24, 2.45) is 0 Å². The highest BCUT2D eigenvalue weighted by molar-refractivity contribution is 7.89. The van der Waals surface area contributed by atoms with Crippen molar-refractivity contribution in [3.8, 4) is 0 Å². The van der Waals surface area contributed by atoms with Gasteiger partial charge >= 0.3 is 6.09 Å². The van der Waals surface area contributed by atoms with E-state index in [0.29, 0.717) is 16.1 Å². The predicted molar refractivity (Wildman–Crippen MR) is 175 cm³/mol. The van der Waals surface area contributed by atoms with E-state index in [1.54, 1.807) is 59.5 Å². The zero-order chi connectivity index (χ0) is 33.6. The molecule has 0 aromatic heterocycles. The topological polar surface area (TPSA) is 119 Å². The highest BCUT2D eigenvalue weighted by Crippen LogP contribution is 2.39. The van der Waals surface area contributed by atoms with Crippen molar-refractivity contribution in [1.82, 2.24) is 19.0 Å². The minimum atomic E-state index is -4.50. The number of fused-ring (bicyclic) bond motifs is 1. The van der Waals surface area contributed by atoms with Gasteiger partial charge in [-0.2, -0.15) is 4.31 Å². The fourth-order valence-corrected chi connectivity index (χ4v) is 8.64. The van der Waals surface area contributed by atoms with Gasteiger partial charge in [0.25, 0.3) is 5.91 Å². The lowest BCUT2D eigenvalue weighted by molar-refractivity contribution is -0.178. The molecule has 0 aliphatic carbocycles. The average molecular weight is 708 g/mol. The molecule has 3 aromatic rings. The van der Waals surface area contributed by atoms with Crippen molar-refractivity contribution in [1.29, 1.82) is 0 Å². The summed E-state index contributed by atoms with van der Waals surface area (Å²) in [7, 11) is -4.50. The first-order chi connectivity index (χ1) is 21.6. The van der Waals surface area contributed by atoms with E-state index in [1.807, 2.05) is 13.8 Å². The Balaban J connectivity index is 1.70. The number of carboxylic acid groups (broad SMARTS) is 1. The molecule has 3 atom stereocenters. The second-order valence-corrected chi connectivity index (χ2v) is 15.0. The van der Waals surface area contributed by atoms with Crippen LogP contribution in [0.5, 0.6) is 0 Å². The zero-order valence-electron chi connectivity index (χ0n) is 25.3. The lowest BCUT2D eigenvalue weighted by Crippen LogP contribution is -2.79. The lowest BCUT2D eigenvalue weighted by atomic mass is 9.89. The maximum atomic E-state index is 14.8. The van der Waals surface area contributed by atoms with Gasteiger partial charge in [-0.05, 0) is 62.2 Å². The normalized spacial score (nSPS) is 22.2. The van der Waals surface area contributed by atoms with E-state index < -0.39 is 46.3 Å². The number of carbonyl (C=O) groups is 3. The molecule has 2 heterocycles. The van der Waals surface area contributed by atoms with E-state index in [1.165, 1.54) is 30.0 Å². The molecule has 1 N–H and O–H groups in total. The fraction of sp³-hybridized carbons (Fsp3) is 0.344. The number of piperazine rings is 1. The van der Waals surface area contributed by atoms with E-state index >= 15 is 0 Å². The maximum absolute atomic E-state index is 14.8. The summed E-state index contributed by atoms with van der Waals surface area (Å²) in [5.74, 6) is -1.06. The van der Waals surface area contributed by atoms with E-state index in [0.717, 1.165) is 9.21 Å². The molecule has 14 heteroatoms. The van der Waals surface area contributed by atoms with Crippen molar-refractivity contribution in [2.45, 2.75) is 62.4 Å². The van der Waals surface area contributed by atoms with Crippen LogP contribution in [0.4, 0.5) is 4.79 Å². The Morgan fingerprint density at radius 3 is 2.20 bits per heavy atom. The van der Waals surface area contributed by atoms with Gasteiger partial charge in [0.1, 0.15) is 22.6 Å². The largest absolute Gasteiger partial charge is 0.465 e.